The lowest BCUT2D eigenvalue weighted by molar-refractivity contribution is 0.0697. The molecule has 106 valence electrons. The van der Waals surface area contributed by atoms with Crippen LogP contribution in [-0.4, -0.2) is 24.5 Å². The summed E-state index contributed by atoms with van der Waals surface area (Å²) in [5.41, 5.74) is 0.444. The third-order valence-electron chi connectivity index (χ3n) is 2.33. The molecule has 20 heavy (non-hydrogen) atoms. The Hall–Kier alpha value is -1.64. The van der Waals surface area contributed by atoms with Crippen LogP contribution >= 0.6 is 22.9 Å². The Labute approximate surface area is 124 Å². The molecule has 9 heteroatoms. The van der Waals surface area contributed by atoms with Gasteiger partial charge in [-0.3, -0.25) is 4.72 Å². The number of carboxylic acid groups (broad SMARTS) is 1. The summed E-state index contributed by atoms with van der Waals surface area (Å²) >= 11 is 6.52. The average Bonchev–Trinajstić information content (AvgIpc) is 2.69. The van der Waals surface area contributed by atoms with Gasteiger partial charge in [-0.1, -0.05) is 29.0 Å². The van der Waals surface area contributed by atoms with Gasteiger partial charge < -0.3 is 5.11 Å². The topological polar surface area (TPSA) is 96.4 Å². The molecular weight excluding hydrogens is 324 g/mol. The summed E-state index contributed by atoms with van der Waals surface area (Å²) in [5.74, 6) is -1.14. The van der Waals surface area contributed by atoms with Gasteiger partial charge in [-0.15, -0.1) is 0 Å². The Morgan fingerprint density at radius 1 is 1.45 bits per heavy atom. The van der Waals surface area contributed by atoms with Gasteiger partial charge in [0.1, 0.15) is 0 Å². The van der Waals surface area contributed by atoms with E-state index in [2.05, 4.69) is 9.71 Å². The highest BCUT2D eigenvalue weighted by Crippen LogP contribution is 2.28. The second-order valence-corrected chi connectivity index (χ2v) is 7.29. The molecule has 1 heterocycles. The molecule has 2 N–H and O–H groups in total. The highest BCUT2D eigenvalue weighted by molar-refractivity contribution is 7.94. The van der Waals surface area contributed by atoms with Crippen molar-refractivity contribution in [3.63, 3.8) is 0 Å². The van der Waals surface area contributed by atoms with Crippen molar-refractivity contribution in [3.8, 4) is 0 Å². The molecule has 0 radical (unpaired) electrons. The van der Waals surface area contributed by atoms with Crippen molar-refractivity contribution in [3.05, 3.63) is 40.0 Å². The fourth-order valence-corrected chi connectivity index (χ4v) is 4.31. The number of halogens is 1. The molecule has 2 aromatic rings. The molecule has 0 aliphatic heterocycles. The fourth-order valence-electron chi connectivity index (χ4n) is 1.52. The van der Waals surface area contributed by atoms with Crippen LogP contribution in [0.25, 0.3) is 0 Å². The van der Waals surface area contributed by atoms with Crippen LogP contribution in [0.2, 0.25) is 4.47 Å². The van der Waals surface area contributed by atoms with Crippen molar-refractivity contribution in [1.29, 1.82) is 0 Å². The molecule has 2 rings (SSSR count). The zero-order valence-electron chi connectivity index (χ0n) is 10.1. The van der Waals surface area contributed by atoms with Crippen molar-refractivity contribution in [2.24, 2.45) is 0 Å². The molecule has 0 bridgehead atoms. The zero-order chi connectivity index (χ0) is 14.9. The lowest BCUT2D eigenvalue weighted by Gasteiger charge is -2.07. The third-order valence-corrected chi connectivity index (χ3v) is 5.59. The van der Waals surface area contributed by atoms with E-state index in [1.165, 1.54) is 31.2 Å². The normalized spacial score (nSPS) is 11.3. The van der Waals surface area contributed by atoms with Crippen molar-refractivity contribution in [2.45, 2.75) is 11.1 Å². The summed E-state index contributed by atoms with van der Waals surface area (Å²) in [6, 6.07) is 5.52. The Morgan fingerprint density at radius 3 is 2.70 bits per heavy atom. The third kappa shape index (κ3) is 3.09. The maximum atomic E-state index is 12.2. The van der Waals surface area contributed by atoms with E-state index in [1.807, 2.05) is 0 Å². The van der Waals surface area contributed by atoms with E-state index < -0.39 is 16.0 Å². The number of aromatic nitrogens is 1. The van der Waals surface area contributed by atoms with Crippen LogP contribution in [0.5, 0.6) is 0 Å². The summed E-state index contributed by atoms with van der Waals surface area (Å²) in [6.45, 7) is 1.53. The molecule has 0 fully saturated rings. The number of anilines is 1. The van der Waals surface area contributed by atoms with Crippen LogP contribution in [0, 0.1) is 6.92 Å². The quantitative estimate of drug-likeness (QED) is 0.897. The number of nitrogens with zero attached hydrogens (tertiary/aromatic N) is 1. The van der Waals surface area contributed by atoms with Gasteiger partial charge in [0.15, 0.2) is 8.68 Å². The number of rotatable bonds is 4. The molecule has 6 nitrogen and oxygen atoms in total. The lowest BCUT2D eigenvalue weighted by Crippen LogP contribution is -2.13. The van der Waals surface area contributed by atoms with Crippen molar-refractivity contribution in [1.82, 2.24) is 4.98 Å². The first-order valence-electron chi connectivity index (χ1n) is 5.29. The minimum atomic E-state index is -3.84. The monoisotopic (exact) mass is 332 g/mol. The number of benzene rings is 1. The summed E-state index contributed by atoms with van der Waals surface area (Å²) < 4.78 is 26.8. The van der Waals surface area contributed by atoms with Crippen LogP contribution in [0.3, 0.4) is 0 Å². The second-order valence-electron chi connectivity index (χ2n) is 3.83. The van der Waals surface area contributed by atoms with Gasteiger partial charge >= 0.3 is 5.97 Å². The van der Waals surface area contributed by atoms with Gasteiger partial charge in [0.05, 0.1) is 11.3 Å². The van der Waals surface area contributed by atoms with Crippen LogP contribution in [0.15, 0.2) is 28.5 Å². The molecule has 0 saturated carbocycles. The maximum absolute atomic E-state index is 12.2. The molecule has 0 aliphatic rings. The fraction of sp³-hybridized carbons (Fsp3) is 0.0909. The van der Waals surface area contributed by atoms with Crippen LogP contribution in [0.4, 0.5) is 5.69 Å². The van der Waals surface area contributed by atoms with Gasteiger partial charge in [0.2, 0.25) is 0 Å². The molecule has 0 spiro atoms. The Morgan fingerprint density at radius 2 is 2.15 bits per heavy atom. The minimum absolute atomic E-state index is 0.00299. The number of thiazole rings is 1. The molecule has 0 amide bonds. The molecule has 0 saturated heterocycles. The van der Waals surface area contributed by atoms with E-state index in [0.29, 0.717) is 5.69 Å². The first-order valence-corrected chi connectivity index (χ1v) is 7.96. The van der Waals surface area contributed by atoms with Gasteiger partial charge in [0, 0.05) is 5.69 Å². The highest BCUT2D eigenvalue weighted by atomic mass is 35.5. The van der Waals surface area contributed by atoms with E-state index in [1.54, 1.807) is 0 Å². The average molecular weight is 333 g/mol. The van der Waals surface area contributed by atoms with E-state index in [0.717, 1.165) is 11.3 Å². The predicted octanol–water partition coefficient (Wildman–Crippen LogP) is 2.60. The minimum Gasteiger partial charge on any atom is -0.478 e. The standard InChI is InChI=1S/C11H9ClN2O4S2/c1-6-10(19-11(12)13-6)20(17,18)14-8-4-2-3-7(5-8)9(15)16/h2-5,14H,1H3,(H,15,16). The molecule has 1 aromatic heterocycles. The number of hydrogen-bond donors (Lipinski definition) is 2. The molecule has 0 unspecified atom stereocenters. The van der Waals surface area contributed by atoms with E-state index in [4.69, 9.17) is 16.7 Å². The summed E-state index contributed by atoms with van der Waals surface area (Å²) in [7, 11) is -3.84. The predicted molar refractivity (Wildman–Crippen MR) is 76.1 cm³/mol. The number of sulfonamides is 1. The first kappa shape index (κ1) is 14.8. The first-order chi connectivity index (χ1) is 9.29. The van der Waals surface area contributed by atoms with Crippen molar-refractivity contribution >= 4 is 44.6 Å². The number of aromatic carboxylic acids is 1. The number of aryl methyl sites for hydroxylation is 1. The Balaban J connectivity index is 2.36. The highest BCUT2D eigenvalue weighted by Gasteiger charge is 2.21. The van der Waals surface area contributed by atoms with Crippen molar-refractivity contribution < 1.29 is 18.3 Å². The van der Waals surface area contributed by atoms with Gasteiger partial charge in [-0.05, 0) is 25.1 Å². The zero-order valence-corrected chi connectivity index (χ0v) is 12.5. The van der Waals surface area contributed by atoms with E-state index in [9.17, 15) is 13.2 Å². The maximum Gasteiger partial charge on any atom is 0.335 e. The van der Waals surface area contributed by atoms with Gasteiger partial charge in [0.25, 0.3) is 10.0 Å². The van der Waals surface area contributed by atoms with E-state index in [-0.39, 0.29) is 19.9 Å². The SMILES string of the molecule is Cc1nc(Cl)sc1S(=O)(=O)Nc1cccc(C(=O)O)c1. The molecular formula is C11H9ClN2O4S2. The smallest absolute Gasteiger partial charge is 0.335 e. The summed E-state index contributed by atoms with van der Waals surface area (Å²) in [5, 5.41) is 8.87. The Bertz CT molecular complexity index is 770. The molecule has 0 aliphatic carbocycles. The van der Waals surface area contributed by atoms with Crippen LogP contribution in [-0.2, 0) is 10.0 Å². The summed E-state index contributed by atoms with van der Waals surface area (Å²) in [6.07, 6.45) is 0. The van der Waals surface area contributed by atoms with E-state index >= 15 is 0 Å². The largest absolute Gasteiger partial charge is 0.478 e. The van der Waals surface area contributed by atoms with Crippen molar-refractivity contribution in [2.75, 3.05) is 4.72 Å². The van der Waals surface area contributed by atoms with Crippen LogP contribution < -0.4 is 4.72 Å². The number of carboxylic acids is 1. The number of hydrogen-bond acceptors (Lipinski definition) is 5. The summed E-state index contributed by atoms with van der Waals surface area (Å²) in [4.78, 5) is 14.7. The number of carbonyl (C=O) groups is 1. The number of nitrogens with one attached hydrogen (secondary N) is 1. The molecule has 1 aromatic carbocycles. The van der Waals surface area contributed by atoms with Crippen LogP contribution in [0.1, 0.15) is 16.1 Å². The van der Waals surface area contributed by atoms with Gasteiger partial charge in [-0.2, -0.15) is 0 Å². The van der Waals surface area contributed by atoms with Gasteiger partial charge in [-0.25, -0.2) is 18.2 Å². The lowest BCUT2D eigenvalue weighted by atomic mass is 10.2. The molecule has 0 atom stereocenters. The second kappa shape index (κ2) is 5.39. The Kier molecular flexibility index (Phi) is 3.98.